The van der Waals surface area contributed by atoms with E-state index in [2.05, 4.69) is 39.1 Å². The third-order valence-electron chi connectivity index (χ3n) is 5.63. The van der Waals surface area contributed by atoms with Crippen LogP contribution in [0.3, 0.4) is 0 Å². The van der Waals surface area contributed by atoms with Crippen LogP contribution in [0.1, 0.15) is 32.2 Å². The molecule has 0 radical (unpaired) electrons. The quantitative estimate of drug-likeness (QED) is 0.272. The van der Waals surface area contributed by atoms with Gasteiger partial charge in [0.2, 0.25) is 5.91 Å². The predicted octanol–water partition coefficient (Wildman–Crippen LogP) is 6.17. The summed E-state index contributed by atoms with van der Waals surface area (Å²) < 4.78 is 2.09. The molecular weight excluding hydrogens is 454 g/mol. The van der Waals surface area contributed by atoms with Crippen molar-refractivity contribution in [2.45, 2.75) is 44.9 Å². The average Bonchev–Trinajstić information content (AvgIpc) is 3.26. The normalized spacial score (nSPS) is 11.0. The molecule has 1 N–H and O–H groups in total. The number of para-hydroxylation sites is 1. The number of benzene rings is 3. The molecule has 0 bridgehead atoms. The number of nitrogens with zero attached hydrogens (tertiary/aromatic N) is 4. The van der Waals surface area contributed by atoms with Crippen molar-refractivity contribution in [2.75, 3.05) is 16.0 Å². The lowest BCUT2D eigenvalue weighted by molar-refractivity contribution is -0.116. The maximum absolute atomic E-state index is 13.3. The zero-order valence-corrected chi connectivity index (χ0v) is 21.2. The van der Waals surface area contributed by atoms with Gasteiger partial charge in [-0.3, -0.25) is 4.79 Å². The van der Waals surface area contributed by atoms with Crippen molar-refractivity contribution in [1.29, 1.82) is 0 Å². The van der Waals surface area contributed by atoms with Crippen LogP contribution in [-0.2, 0) is 17.8 Å². The first-order chi connectivity index (χ1) is 17.0. The van der Waals surface area contributed by atoms with E-state index in [4.69, 9.17) is 0 Å². The third-order valence-corrected chi connectivity index (χ3v) is 6.58. The molecule has 0 saturated heterocycles. The van der Waals surface area contributed by atoms with E-state index in [0.29, 0.717) is 5.75 Å². The molecule has 180 valence electrons. The lowest BCUT2D eigenvalue weighted by Crippen LogP contribution is -2.38. The maximum Gasteiger partial charge on any atom is 0.237 e. The number of carbonyl (C=O) groups excluding carboxylic acids is 1. The minimum Gasteiger partial charge on any atom is -0.356 e. The summed E-state index contributed by atoms with van der Waals surface area (Å²) in [5.74, 6) is 1.26. The Balaban J connectivity index is 1.42. The molecule has 0 unspecified atom stereocenters. The lowest BCUT2D eigenvalue weighted by atomic mass is 10.1. The van der Waals surface area contributed by atoms with E-state index < -0.39 is 0 Å². The van der Waals surface area contributed by atoms with Crippen LogP contribution in [0.4, 0.5) is 17.1 Å². The Hall–Kier alpha value is -3.58. The molecular formula is C28H31N5OS. The number of rotatable bonds is 10. The summed E-state index contributed by atoms with van der Waals surface area (Å²) in [4.78, 5) is 15.1. The maximum atomic E-state index is 13.3. The highest BCUT2D eigenvalue weighted by molar-refractivity contribution is 7.99. The Kier molecular flexibility index (Phi) is 8.21. The Bertz CT molecular complexity index is 1220. The molecule has 6 nitrogen and oxygen atoms in total. The number of amides is 1. The van der Waals surface area contributed by atoms with E-state index in [9.17, 15) is 4.79 Å². The van der Waals surface area contributed by atoms with Gasteiger partial charge in [0.25, 0.3) is 0 Å². The molecule has 1 aromatic heterocycles. The van der Waals surface area contributed by atoms with Gasteiger partial charge in [-0.05, 0) is 62.7 Å². The van der Waals surface area contributed by atoms with E-state index in [-0.39, 0.29) is 11.9 Å². The molecule has 0 fully saturated rings. The van der Waals surface area contributed by atoms with Crippen molar-refractivity contribution in [3.05, 3.63) is 96.3 Å². The van der Waals surface area contributed by atoms with Crippen molar-refractivity contribution < 1.29 is 4.79 Å². The number of thioether (sulfide) groups is 1. The highest BCUT2D eigenvalue weighted by atomic mass is 32.2. The summed E-state index contributed by atoms with van der Waals surface area (Å²) in [5.41, 5.74) is 4.08. The Labute approximate surface area is 211 Å². The molecule has 0 saturated carbocycles. The van der Waals surface area contributed by atoms with E-state index in [0.717, 1.165) is 41.0 Å². The number of anilines is 3. The summed E-state index contributed by atoms with van der Waals surface area (Å²) in [6, 6.07) is 28.3. The topological polar surface area (TPSA) is 63.1 Å². The van der Waals surface area contributed by atoms with Crippen LogP contribution in [-0.4, -0.2) is 32.5 Å². The van der Waals surface area contributed by atoms with Gasteiger partial charge in [-0.1, -0.05) is 60.3 Å². The minimum absolute atomic E-state index is 0.0359. The molecule has 35 heavy (non-hydrogen) atoms. The molecule has 4 rings (SSSR count). The fraction of sp³-hybridized carbons (Fsp3) is 0.250. The van der Waals surface area contributed by atoms with Crippen LogP contribution < -0.4 is 10.2 Å². The van der Waals surface area contributed by atoms with E-state index in [1.54, 1.807) is 0 Å². The fourth-order valence-electron chi connectivity index (χ4n) is 3.97. The van der Waals surface area contributed by atoms with Crippen molar-refractivity contribution in [3.63, 3.8) is 0 Å². The first-order valence-corrected chi connectivity index (χ1v) is 12.9. The van der Waals surface area contributed by atoms with E-state index in [1.165, 1.54) is 17.3 Å². The van der Waals surface area contributed by atoms with Gasteiger partial charge >= 0.3 is 0 Å². The number of hydrogen-bond donors (Lipinski definition) is 1. The van der Waals surface area contributed by atoms with Gasteiger partial charge in [-0.15, -0.1) is 10.2 Å². The molecule has 3 aromatic carbocycles. The second kappa shape index (κ2) is 11.7. The fourth-order valence-corrected chi connectivity index (χ4v) is 4.85. The summed E-state index contributed by atoms with van der Waals surface area (Å²) in [5, 5.41) is 12.9. The molecule has 4 aromatic rings. The first kappa shape index (κ1) is 24.5. The number of nitrogens with one attached hydrogen (secondary N) is 1. The second-order valence-electron chi connectivity index (χ2n) is 8.49. The minimum atomic E-state index is 0.0359. The van der Waals surface area contributed by atoms with Crippen LogP contribution in [0.15, 0.2) is 90.1 Å². The standard InChI is InChI=1S/C28H31N5OS/c1-4-32-26(19-22-11-7-5-8-12-22)30-31-28(32)35-20-27(34)33(21(2)3)25-17-15-24(16-18-25)29-23-13-9-6-10-14-23/h5-18,21,29H,4,19-20H2,1-3H3. The summed E-state index contributed by atoms with van der Waals surface area (Å²) in [6.45, 7) is 6.90. The second-order valence-corrected chi connectivity index (χ2v) is 9.43. The largest absolute Gasteiger partial charge is 0.356 e. The molecule has 1 heterocycles. The molecule has 0 aliphatic heterocycles. The Morgan fingerprint density at radius 1 is 0.914 bits per heavy atom. The van der Waals surface area contributed by atoms with Crippen LogP contribution in [0.25, 0.3) is 0 Å². The van der Waals surface area contributed by atoms with Gasteiger partial charge in [0.15, 0.2) is 5.16 Å². The molecule has 1 amide bonds. The average molecular weight is 486 g/mol. The molecule has 0 atom stereocenters. The van der Waals surface area contributed by atoms with Gasteiger partial charge in [-0.2, -0.15) is 0 Å². The zero-order chi connectivity index (χ0) is 24.6. The van der Waals surface area contributed by atoms with Crippen molar-refractivity contribution >= 4 is 34.7 Å². The summed E-state index contributed by atoms with van der Waals surface area (Å²) in [7, 11) is 0. The number of hydrogen-bond acceptors (Lipinski definition) is 5. The van der Waals surface area contributed by atoms with E-state index in [1.807, 2.05) is 91.5 Å². The molecule has 7 heteroatoms. The summed E-state index contributed by atoms with van der Waals surface area (Å²) >= 11 is 1.44. The zero-order valence-electron chi connectivity index (χ0n) is 20.4. The SMILES string of the molecule is CCn1c(Cc2ccccc2)nnc1SCC(=O)N(c1ccc(Nc2ccccc2)cc1)C(C)C. The first-order valence-electron chi connectivity index (χ1n) is 11.9. The third kappa shape index (κ3) is 6.31. The van der Waals surface area contributed by atoms with Gasteiger partial charge in [-0.25, -0.2) is 0 Å². The molecule has 0 aliphatic rings. The summed E-state index contributed by atoms with van der Waals surface area (Å²) in [6.07, 6.45) is 0.720. The van der Waals surface area contributed by atoms with Crippen LogP contribution >= 0.6 is 11.8 Å². The number of carbonyl (C=O) groups is 1. The van der Waals surface area contributed by atoms with Gasteiger partial charge in [0.05, 0.1) is 5.75 Å². The van der Waals surface area contributed by atoms with Crippen LogP contribution in [0.2, 0.25) is 0 Å². The highest BCUT2D eigenvalue weighted by Crippen LogP contribution is 2.25. The van der Waals surface area contributed by atoms with Crippen molar-refractivity contribution in [3.8, 4) is 0 Å². The molecule has 0 aliphatic carbocycles. The predicted molar refractivity (Wildman–Crippen MR) is 144 cm³/mol. The molecule has 0 spiro atoms. The van der Waals surface area contributed by atoms with Crippen molar-refractivity contribution in [2.24, 2.45) is 0 Å². The van der Waals surface area contributed by atoms with Crippen LogP contribution in [0.5, 0.6) is 0 Å². The smallest absolute Gasteiger partial charge is 0.237 e. The Morgan fingerprint density at radius 3 is 2.17 bits per heavy atom. The van der Waals surface area contributed by atoms with Gasteiger partial charge in [0, 0.05) is 36.1 Å². The van der Waals surface area contributed by atoms with Gasteiger partial charge in [0.1, 0.15) is 5.82 Å². The number of aromatic nitrogens is 3. The monoisotopic (exact) mass is 485 g/mol. The van der Waals surface area contributed by atoms with Gasteiger partial charge < -0.3 is 14.8 Å². The highest BCUT2D eigenvalue weighted by Gasteiger charge is 2.21. The van der Waals surface area contributed by atoms with Crippen molar-refractivity contribution in [1.82, 2.24) is 14.8 Å². The van der Waals surface area contributed by atoms with E-state index >= 15 is 0 Å². The van der Waals surface area contributed by atoms with Crippen LogP contribution in [0, 0.1) is 0 Å². The lowest BCUT2D eigenvalue weighted by Gasteiger charge is -2.27. The Morgan fingerprint density at radius 2 is 1.54 bits per heavy atom.